The molecule has 1 fully saturated rings. The van der Waals surface area contributed by atoms with Crippen LogP contribution in [0.4, 0.5) is 4.39 Å². The van der Waals surface area contributed by atoms with Crippen molar-refractivity contribution in [2.75, 3.05) is 0 Å². The topological polar surface area (TPSA) is 49.3 Å². The molecule has 0 saturated heterocycles. The first-order chi connectivity index (χ1) is 8.08. The number of halogens is 1. The second-order valence-electron chi connectivity index (χ2n) is 4.63. The smallest absolute Gasteiger partial charge is 0.338 e. The quantitative estimate of drug-likeness (QED) is 0.826. The van der Waals surface area contributed by atoms with E-state index in [2.05, 4.69) is 12.2 Å². The van der Waals surface area contributed by atoms with Crippen LogP contribution in [0, 0.1) is 11.7 Å². The monoisotopic (exact) mass is 237 g/mol. The summed E-state index contributed by atoms with van der Waals surface area (Å²) in [5.41, 5.74) is 0.504. The molecule has 1 aliphatic carbocycles. The molecule has 4 heteroatoms. The third-order valence-electron chi connectivity index (χ3n) is 3.22. The Morgan fingerprint density at radius 1 is 1.59 bits per heavy atom. The Bertz CT molecular complexity index is 429. The van der Waals surface area contributed by atoms with Gasteiger partial charge in [0.15, 0.2) is 0 Å². The third kappa shape index (κ3) is 3.03. The highest BCUT2D eigenvalue weighted by Gasteiger charge is 2.27. The molecule has 0 spiro atoms. The number of hydrogen-bond acceptors (Lipinski definition) is 2. The van der Waals surface area contributed by atoms with E-state index in [1.807, 2.05) is 0 Å². The fraction of sp³-hybridized carbons (Fsp3) is 0.462. The molecule has 0 aliphatic heterocycles. The zero-order valence-corrected chi connectivity index (χ0v) is 9.74. The molecule has 0 radical (unpaired) electrons. The zero-order valence-electron chi connectivity index (χ0n) is 9.74. The molecule has 92 valence electrons. The summed E-state index contributed by atoms with van der Waals surface area (Å²) in [6.45, 7) is 2.70. The fourth-order valence-electron chi connectivity index (χ4n) is 1.88. The number of carboxylic acids is 1. The Morgan fingerprint density at radius 2 is 2.29 bits per heavy atom. The van der Waals surface area contributed by atoms with Crippen molar-refractivity contribution in [3.63, 3.8) is 0 Å². The van der Waals surface area contributed by atoms with Gasteiger partial charge in [-0.1, -0.05) is 6.07 Å². The molecule has 1 saturated carbocycles. The van der Waals surface area contributed by atoms with E-state index in [0.29, 0.717) is 12.6 Å². The van der Waals surface area contributed by atoms with Crippen LogP contribution < -0.4 is 5.32 Å². The van der Waals surface area contributed by atoms with Crippen LogP contribution in [-0.2, 0) is 6.54 Å². The lowest BCUT2D eigenvalue weighted by Crippen LogP contribution is -2.27. The summed E-state index contributed by atoms with van der Waals surface area (Å²) in [4.78, 5) is 10.6. The second-order valence-corrected chi connectivity index (χ2v) is 4.63. The van der Waals surface area contributed by atoms with Gasteiger partial charge >= 0.3 is 5.97 Å². The summed E-state index contributed by atoms with van der Waals surface area (Å²) < 4.78 is 13.4. The van der Waals surface area contributed by atoms with Crippen LogP contribution in [0.15, 0.2) is 18.2 Å². The van der Waals surface area contributed by atoms with E-state index in [9.17, 15) is 9.18 Å². The summed E-state index contributed by atoms with van der Waals surface area (Å²) >= 11 is 0. The normalized spacial score (nSPS) is 16.8. The lowest BCUT2D eigenvalue weighted by Gasteiger charge is -2.12. The summed E-state index contributed by atoms with van der Waals surface area (Å²) in [6.07, 6.45) is 2.53. The number of aromatic carboxylic acids is 1. The fourth-order valence-corrected chi connectivity index (χ4v) is 1.88. The van der Waals surface area contributed by atoms with Crippen LogP contribution in [-0.4, -0.2) is 17.1 Å². The minimum absolute atomic E-state index is 0.274. The summed E-state index contributed by atoms with van der Waals surface area (Å²) in [6, 6.07) is 4.70. The number of rotatable bonds is 5. The highest BCUT2D eigenvalue weighted by atomic mass is 19.1. The minimum Gasteiger partial charge on any atom is -0.478 e. The Balaban J connectivity index is 1.97. The predicted molar refractivity (Wildman–Crippen MR) is 62.4 cm³/mol. The van der Waals surface area contributed by atoms with Crippen LogP contribution in [0.5, 0.6) is 0 Å². The number of carbonyl (C=O) groups is 1. The van der Waals surface area contributed by atoms with E-state index in [1.165, 1.54) is 25.0 Å². The Morgan fingerprint density at radius 3 is 2.82 bits per heavy atom. The minimum atomic E-state index is -1.23. The molecular weight excluding hydrogens is 221 g/mol. The molecule has 1 aromatic carbocycles. The summed E-state index contributed by atoms with van der Waals surface area (Å²) in [5.74, 6) is -1.15. The first kappa shape index (κ1) is 12.0. The van der Waals surface area contributed by atoms with Crippen molar-refractivity contribution >= 4 is 5.97 Å². The molecule has 0 aromatic heterocycles. The van der Waals surface area contributed by atoms with Gasteiger partial charge in [-0.05, 0) is 43.4 Å². The molecule has 0 amide bonds. The van der Waals surface area contributed by atoms with Gasteiger partial charge in [-0.25, -0.2) is 9.18 Å². The van der Waals surface area contributed by atoms with E-state index >= 15 is 0 Å². The van der Waals surface area contributed by atoms with Gasteiger partial charge in [0.05, 0.1) is 5.56 Å². The van der Waals surface area contributed by atoms with E-state index in [4.69, 9.17) is 5.11 Å². The highest BCUT2D eigenvalue weighted by Crippen LogP contribution is 2.32. The van der Waals surface area contributed by atoms with Crippen molar-refractivity contribution < 1.29 is 14.3 Å². The SMILES string of the molecule is CC(NCc1ccc(C(=O)O)c(F)c1)C1CC1. The zero-order chi connectivity index (χ0) is 12.4. The number of carboxylic acid groups (broad SMARTS) is 1. The van der Waals surface area contributed by atoms with Crippen molar-refractivity contribution in [2.45, 2.75) is 32.4 Å². The number of hydrogen-bond donors (Lipinski definition) is 2. The van der Waals surface area contributed by atoms with E-state index in [-0.39, 0.29) is 5.56 Å². The maximum atomic E-state index is 13.4. The van der Waals surface area contributed by atoms with Gasteiger partial charge in [-0.3, -0.25) is 0 Å². The molecule has 1 aliphatic rings. The van der Waals surface area contributed by atoms with E-state index in [1.54, 1.807) is 6.07 Å². The van der Waals surface area contributed by atoms with E-state index < -0.39 is 11.8 Å². The maximum absolute atomic E-state index is 13.4. The van der Waals surface area contributed by atoms with Crippen molar-refractivity contribution in [3.8, 4) is 0 Å². The Labute approximate surface area is 99.7 Å². The first-order valence-electron chi connectivity index (χ1n) is 5.83. The van der Waals surface area contributed by atoms with Gasteiger partial charge in [0.25, 0.3) is 0 Å². The molecular formula is C13H16FNO2. The summed E-state index contributed by atoms with van der Waals surface area (Å²) in [5, 5.41) is 12.0. The average molecular weight is 237 g/mol. The van der Waals surface area contributed by atoms with Gasteiger partial charge < -0.3 is 10.4 Å². The van der Waals surface area contributed by atoms with E-state index in [0.717, 1.165) is 11.5 Å². The molecule has 2 N–H and O–H groups in total. The number of benzene rings is 1. The molecule has 0 bridgehead atoms. The van der Waals surface area contributed by atoms with Crippen molar-refractivity contribution in [1.29, 1.82) is 0 Å². The molecule has 1 unspecified atom stereocenters. The average Bonchev–Trinajstić information content (AvgIpc) is 3.09. The van der Waals surface area contributed by atoms with Gasteiger partial charge in [-0.15, -0.1) is 0 Å². The van der Waals surface area contributed by atoms with Gasteiger partial charge in [0.2, 0.25) is 0 Å². The standard InChI is InChI=1S/C13H16FNO2/c1-8(10-3-4-10)15-7-9-2-5-11(13(16)17)12(14)6-9/h2,5-6,8,10,15H,3-4,7H2,1H3,(H,16,17). The lowest BCUT2D eigenvalue weighted by atomic mass is 10.1. The molecule has 2 rings (SSSR count). The first-order valence-corrected chi connectivity index (χ1v) is 5.83. The predicted octanol–water partition coefficient (Wildman–Crippen LogP) is 2.41. The van der Waals surface area contributed by atoms with Gasteiger partial charge in [-0.2, -0.15) is 0 Å². The van der Waals surface area contributed by atoms with Crippen molar-refractivity contribution in [3.05, 3.63) is 35.1 Å². The second kappa shape index (κ2) is 4.84. The Hall–Kier alpha value is -1.42. The van der Waals surface area contributed by atoms with Crippen LogP contribution in [0.25, 0.3) is 0 Å². The van der Waals surface area contributed by atoms with Crippen LogP contribution in [0.3, 0.4) is 0 Å². The highest BCUT2D eigenvalue weighted by molar-refractivity contribution is 5.87. The van der Waals surface area contributed by atoms with Crippen molar-refractivity contribution in [2.24, 2.45) is 5.92 Å². The molecule has 1 aromatic rings. The van der Waals surface area contributed by atoms with Crippen LogP contribution >= 0.6 is 0 Å². The molecule has 1 atom stereocenters. The van der Waals surface area contributed by atoms with Crippen LogP contribution in [0.1, 0.15) is 35.7 Å². The third-order valence-corrected chi connectivity index (χ3v) is 3.22. The molecule has 3 nitrogen and oxygen atoms in total. The summed E-state index contributed by atoms with van der Waals surface area (Å²) in [7, 11) is 0. The van der Waals surface area contributed by atoms with Crippen molar-refractivity contribution in [1.82, 2.24) is 5.32 Å². The molecule has 17 heavy (non-hydrogen) atoms. The largest absolute Gasteiger partial charge is 0.478 e. The molecule has 0 heterocycles. The van der Waals surface area contributed by atoms with Gasteiger partial charge in [0.1, 0.15) is 5.82 Å². The lowest BCUT2D eigenvalue weighted by molar-refractivity contribution is 0.0692. The maximum Gasteiger partial charge on any atom is 0.338 e. The Kier molecular flexibility index (Phi) is 3.43. The number of nitrogens with one attached hydrogen (secondary N) is 1. The van der Waals surface area contributed by atoms with Crippen LogP contribution in [0.2, 0.25) is 0 Å². The van der Waals surface area contributed by atoms with Gasteiger partial charge in [0, 0.05) is 12.6 Å².